The van der Waals surface area contributed by atoms with Gasteiger partial charge in [0.05, 0.1) is 6.54 Å². The van der Waals surface area contributed by atoms with Gasteiger partial charge in [-0.2, -0.15) is 0 Å². The highest BCUT2D eigenvalue weighted by molar-refractivity contribution is 9.10. The van der Waals surface area contributed by atoms with Crippen molar-refractivity contribution in [1.82, 2.24) is 10.2 Å². The summed E-state index contributed by atoms with van der Waals surface area (Å²) in [6, 6.07) is 6.74. The lowest BCUT2D eigenvalue weighted by molar-refractivity contribution is -0.132. The summed E-state index contributed by atoms with van der Waals surface area (Å²) in [5, 5.41) is 12.7. The Labute approximate surface area is 137 Å². The Morgan fingerprint density at radius 2 is 2.18 bits per heavy atom. The number of nitrogens with zero attached hydrogens (tertiary/aromatic N) is 1. The average Bonchev–Trinajstić information content (AvgIpc) is 2.69. The van der Waals surface area contributed by atoms with Crippen LogP contribution >= 0.6 is 15.9 Å². The highest BCUT2D eigenvalue weighted by atomic mass is 79.9. The molecule has 0 saturated carbocycles. The summed E-state index contributed by atoms with van der Waals surface area (Å²) >= 11 is 3.33. The second-order valence-electron chi connectivity index (χ2n) is 5.45. The summed E-state index contributed by atoms with van der Waals surface area (Å²) in [7, 11) is 0. The van der Waals surface area contributed by atoms with E-state index in [4.69, 9.17) is 4.74 Å². The fourth-order valence-electron chi connectivity index (χ4n) is 2.17. The van der Waals surface area contributed by atoms with Gasteiger partial charge in [-0.1, -0.05) is 28.9 Å². The minimum atomic E-state index is -0.951. The second kappa shape index (κ2) is 6.66. The molecule has 1 aromatic rings. The first kappa shape index (κ1) is 16.8. The highest BCUT2D eigenvalue weighted by Crippen LogP contribution is 2.21. The molecule has 1 saturated heterocycles. The van der Waals surface area contributed by atoms with Crippen LogP contribution in [0.5, 0.6) is 5.75 Å². The minimum Gasteiger partial charge on any atom is -0.491 e. The van der Waals surface area contributed by atoms with Gasteiger partial charge < -0.3 is 15.2 Å². The van der Waals surface area contributed by atoms with Crippen molar-refractivity contribution in [2.75, 3.05) is 13.2 Å². The van der Waals surface area contributed by atoms with Crippen LogP contribution in [0.3, 0.4) is 0 Å². The molecular weight excluding hydrogens is 352 g/mol. The maximum atomic E-state index is 12.2. The molecule has 3 amide bonds. The summed E-state index contributed by atoms with van der Waals surface area (Å²) in [5.74, 6) is 0.283. The Hall–Kier alpha value is -1.60. The molecule has 7 heteroatoms. The Balaban J connectivity index is 1.91. The molecule has 22 heavy (non-hydrogen) atoms. The number of carbonyl (C=O) groups excluding carboxylic acids is 2. The maximum Gasteiger partial charge on any atom is 0.325 e. The molecular formula is C15H19BrN2O4. The quantitative estimate of drug-likeness (QED) is 0.749. The number of benzene rings is 1. The van der Waals surface area contributed by atoms with Crippen molar-refractivity contribution in [3.05, 3.63) is 28.7 Å². The number of β-amino-alcohol motifs (C(OH)–C–C–N with tert-alkyl or cyclic N) is 1. The summed E-state index contributed by atoms with van der Waals surface area (Å²) < 4.78 is 6.33. The van der Waals surface area contributed by atoms with E-state index in [-0.39, 0.29) is 19.1 Å². The average molecular weight is 371 g/mol. The highest BCUT2D eigenvalue weighted by Gasteiger charge is 2.46. The van der Waals surface area contributed by atoms with Gasteiger partial charge in [-0.25, -0.2) is 4.79 Å². The van der Waals surface area contributed by atoms with Gasteiger partial charge in [-0.3, -0.25) is 9.69 Å². The van der Waals surface area contributed by atoms with E-state index in [2.05, 4.69) is 21.2 Å². The van der Waals surface area contributed by atoms with Crippen LogP contribution in [0.2, 0.25) is 0 Å². The molecule has 0 unspecified atom stereocenters. The zero-order valence-corrected chi connectivity index (χ0v) is 14.1. The van der Waals surface area contributed by atoms with Crippen molar-refractivity contribution in [2.24, 2.45) is 0 Å². The number of aliphatic hydroxyl groups excluding tert-OH is 1. The lowest BCUT2D eigenvalue weighted by Crippen LogP contribution is -2.44. The van der Waals surface area contributed by atoms with Crippen LogP contribution in [0, 0.1) is 0 Å². The first-order chi connectivity index (χ1) is 10.4. The number of urea groups is 1. The molecule has 1 aliphatic rings. The van der Waals surface area contributed by atoms with Gasteiger partial charge >= 0.3 is 6.03 Å². The van der Waals surface area contributed by atoms with Gasteiger partial charge in [0.15, 0.2) is 0 Å². The molecule has 2 rings (SSSR count). The third kappa shape index (κ3) is 3.59. The number of carbonyl (C=O) groups is 2. The normalized spacial score (nSPS) is 22.6. The van der Waals surface area contributed by atoms with E-state index in [1.165, 1.54) is 0 Å². The zero-order chi connectivity index (χ0) is 16.3. The van der Waals surface area contributed by atoms with E-state index in [0.29, 0.717) is 12.2 Å². The first-order valence-corrected chi connectivity index (χ1v) is 7.85. The number of amides is 3. The molecule has 6 nitrogen and oxygen atoms in total. The molecule has 2 atom stereocenters. The van der Waals surface area contributed by atoms with E-state index < -0.39 is 17.7 Å². The molecule has 0 spiro atoms. The van der Waals surface area contributed by atoms with Gasteiger partial charge in [0.25, 0.3) is 5.91 Å². The number of halogens is 1. The Kier molecular flexibility index (Phi) is 5.08. The van der Waals surface area contributed by atoms with Crippen molar-refractivity contribution < 1.29 is 19.4 Å². The van der Waals surface area contributed by atoms with Crippen molar-refractivity contribution in [2.45, 2.75) is 31.9 Å². The fraction of sp³-hybridized carbons (Fsp3) is 0.467. The number of hydrogen-bond acceptors (Lipinski definition) is 4. The standard InChI is InChI=1S/C15H19BrN2O4/c1-3-15(2)13(20)18(14(21)17-15)8-11(19)9-22-12-6-4-5-10(16)7-12/h4-7,11,19H,3,8-9H2,1-2H3,(H,17,21)/t11-,15+/m1/s1. The molecule has 0 radical (unpaired) electrons. The van der Waals surface area contributed by atoms with Gasteiger partial charge in [0.2, 0.25) is 0 Å². The van der Waals surface area contributed by atoms with Gasteiger partial charge in [0, 0.05) is 4.47 Å². The van der Waals surface area contributed by atoms with Crippen LogP contribution in [-0.4, -0.2) is 46.7 Å². The molecule has 1 aromatic carbocycles. The number of aliphatic hydroxyl groups is 1. The van der Waals surface area contributed by atoms with Crippen LogP contribution in [0.4, 0.5) is 4.79 Å². The topological polar surface area (TPSA) is 78.9 Å². The molecule has 2 N–H and O–H groups in total. The number of imide groups is 1. The Morgan fingerprint density at radius 3 is 2.77 bits per heavy atom. The van der Waals surface area contributed by atoms with Crippen molar-refractivity contribution in [3.63, 3.8) is 0 Å². The monoisotopic (exact) mass is 370 g/mol. The molecule has 0 aliphatic carbocycles. The fourth-order valence-corrected chi connectivity index (χ4v) is 2.54. The summed E-state index contributed by atoms with van der Waals surface area (Å²) in [5.41, 5.74) is -0.887. The third-order valence-electron chi connectivity index (χ3n) is 3.68. The van der Waals surface area contributed by atoms with Crippen LogP contribution in [0.25, 0.3) is 0 Å². The first-order valence-electron chi connectivity index (χ1n) is 7.06. The largest absolute Gasteiger partial charge is 0.491 e. The van der Waals surface area contributed by atoms with E-state index in [1.54, 1.807) is 19.1 Å². The van der Waals surface area contributed by atoms with Crippen LogP contribution in [0.1, 0.15) is 20.3 Å². The lowest BCUT2D eigenvalue weighted by Gasteiger charge is -2.21. The SMILES string of the molecule is CC[C@]1(C)NC(=O)N(C[C@@H](O)COc2cccc(Br)c2)C1=O. The number of hydrogen-bond donors (Lipinski definition) is 2. The molecule has 0 aromatic heterocycles. The van der Waals surface area contributed by atoms with E-state index in [0.717, 1.165) is 9.37 Å². The van der Waals surface area contributed by atoms with E-state index in [9.17, 15) is 14.7 Å². The van der Waals surface area contributed by atoms with Crippen LogP contribution < -0.4 is 10.1 Å². The Morgan fingerprint density at radius 1 is 1.45 bits per heavy atom. The minimum absolute atomic E-state index is 0.00362. The lowest BCUT2D eigenvalue weighted by atomic mass is 9.99. The third-order valence-corrected chi connectivity index (χ3v) is 4.18. The van der Waals surface area contributed by atoms with Crippen LogP contribution in [0.15, 0.2) is 28.7 Å². The number of nitrogens with one attached hydrogen (secondary N) is 1. The van der Waals surface area contributed by atoms with Crippen molar-refractivity contribution in [3.8, 4) is 5.75 Å². The summed E-state index contributed by atoms with van der Waals surface area (Å²) in [4.78, 5) is 25.1. The predicted molar refractivity (Wildman–Crippen MR) is 84.6 cm³/mol. The van der Waals surface area contributed by atoms with Gasteiger partial charge in [-0.15, -0.1) is 0 Å². The van der Waals surface area contributed by atoms with Crippen molar-refractivity contribution >= 4 is 27.9 Å². The second-order valence-corrected chi connectivity index (χ2v) is 6.37. The Bertz CT molecular complexity index is 580. The zero-order valence-electron chi connectivity index (χ0n) is 12.5. The maximum absolute atomic E-state index is 12.2. The molecule has 1 fully saturated rings. The van der Waals surface area contributed by atoms with Crippen molar-refractivity contribution in [1.29, 1.82) is 0 Å². The summed E-state index contributed by atoms with van der Waals surface area (Å²) in [6.45, 7) is 3.41. The van der Waals surface area contributed by atoms with Crippen LogP contribution in [-0.2, 0) is 4.79 Å². The molecule has 0 bridgehead atoms. The predicted octanol–water partition coefficient (Wildman–Crippen LogP) is 1.91. The molecule has 1 heterocycles. The number of ether oxygens (including phenoxy) is 1. The van der Waals surface area contributed by atoms with E-state index >= 15 is 0 Å². The molecule has 120 valence electrons. The molecule has 1 aliphatic heterocycles. The number of rotatable bonds is 6. The smallest absolute Gasteiger partial charge is 0.325 e. The van der Waals surface area contributed by atoms with Gasteiger partial charge in [-0.05, 0) is 31.5 Å². The summed E-state index contributed by atoms with van der Waals surface area (Å²) in [6.07, 6.45) is -0.452. The van der Waals surface area contributed by atoms with E-state index in [1.807, 2.05) is 19.1 Å². The van der Waals surface area contributed by atoms with Gasteiger partial charge in [0.1, 0.15) is 24.0 Å².